The van der Waals surface area contributed by atoms with Crippen molar-refractivity contribution in [1.29, 1.82) is 0 Å². The standard InChI is InChI=1S/C30H42O4/c1-3-30(4-2,29-13-17-7-18(14-29)9-19(8-17)15-29)34-25(31)16-33-28(32)24-12-22-11-23(24)27-21-6-5-20(10-21)26(22)27/h5-6,17-24,26-27H,3-4,7-16H2,1-2H3. The predicted molar refractivity (Wildman–Crippen MR) is 128 cm³/mol. The molecule has 4 heteroatoms. The molecule has 0 aromatic rings. The van der Waals surface area contributed by atoms with Gasteiger partial charge in [0, 0.05) is 5.41 Å². The maximum atomic E-state index is 13.1. The molecule has 0 N–H and O–H groups in total. The first-order valence-corrected chi connectivity index (χ1v) is 14.5. The van der Waals surface area contributed by atoms with Crippen molar-refractivity contribution in [3.8, 4) is 0 Å². The summed E-state index contributed by atoms with van der Waals surface area (Å²) in [5, 5.41) is 0. The molecule has 0 amide bonds. The number of hydrogen-bond acceptors (Lipinski definition) is 4. The highest BCUT2D eigenvalue weighted by Gasteiger charge is 2.63. The molecule has 0 heterocycles. The SMILES string of the molecule is CCC(CC)(OC(=O)COC(=O)C1CC2CC1C1C3C=CC(C3)C21)C12CC3CC(CC(C3)C1)C2. The number of carbonyl (C=O) groups is 2. The zero-order valence-corrected chi connectivity index (χ0v) is 21.0. The van der Waals surface area contributed by atoms with E-state index in [0.717, 1.165) is 48.9 Å². The summed E-state index contributed by atoms with van der Waals surface area (Å²) in [6.45, 7) is 4.18. The molecule has 7 unspecified atom stereocenters. The molecule has 0 saturated heterocycles. The Kier molecular flexibility index (Phi) is 4.89. The van der Waals surface area contributed by atoms with Crippen LogP contribution in [0.4, 0.5) is 0 Å². The zero-order chi connectivity index (χ0) is 23.2. The van der Waals surface area contributed by atoms with Gasteiger partial charge in [-0.05, 0) is 124 Å². The zero-order valence-electron chi connectivity index (χ0n) is 21.0. The first kappa shape index (κ1) is 21.9. The van der Waals surface area contributed by atoms with Gasteiger partial charge in [-0.2, -0.15) is 0 Å². The van der Waals surface area contributed by atoms with Crippen molar-refractivity contribution in [1.82, 2.24) is 0 Å². The molecule has 0 radical (unpaired) electrons. The number of carbonyl (C=O) groups excluding carboxylic acids is 2. The normalized spacial score (nSPS) is 49.0. The Balaban J connectivity index is 1.00. The molecule has 8 aliphatic rings. The van der Waals surface area contributed by atoms with E-state index in [1.165, 1.54) is 51.4 Å². The van der Waals surface area contributed by atoms with Crippen LogP contribution < -0.4 is 0 Å². The van der Waals surface area contributed by atoms with Gasteiger partial charge in [-0.25, -0.2) is 4.79 Å². The van der Waals surface area contributed by atoms with Crippen LogP contribution in [0.1, 0.15) is 84.5 Å². The fourth-order valence-corrected chi connectivity index (χ4v) is 11.7. The smallest absolute Gasteiger partial charge is 0.344 e. The van der Waals surface area contributed by atoms with Gasteiger partial charge in [0.05, 0.1) is 5.92 Å². The molecule has 0 aliphatic heterocycles. The summed E-state index contributed by atoms with van der Waals surface area (Å²) >= 11 is 0. The number of ether oxygens (including phenoxy) is 2. The second-order valence-corrected chi connectivity index (χ2v) is 13.6. The van der Waals surface area contributed by atoms with Gasteiger partial charge >= 0.3 is 11.9 Å². The van der Waals surface area contributed by atoms with E-state index in [1.54, 1.807) is 0 Å². The van der Waals surface area contributed by atoms with Crippen molar-refractivity contribution in [2.24, 2.45) is 64.6 Å². The van der Waals surface area contributed by atoms with Crippen LogP contribution in [0, 0.1) is 64.6 Å². The number of rotatable bonds is 7. The Morgan fingerprint density at radius 2 is 1.47 bits per heavy atom. The third-order valence-corrected chi connectivity index (χ3v) is 12.4. The largest absolute Gasteiger partial charge is 0.456 e. The Morgan fingerprint density at radius 1 is 0.853 bits per heavy atom. The first-order chi connectivity index (χ1) is 16.4. The average molecular weight is 467 g/mol. The Labute approximate surface area is 204 Å². The van der Waals surface area contributed by atoms with Crippen molar-refractivity contribution in [3.05, 3.63) is 12.2 Å². The molecule has 8 bridgehead atoms. The Bertz CT molecular complexity index is 864. The summed E-state index contributed by atoms with van der Waals surface area (Å²) in [4.78, 5) is 26.2. The molecule has 186 valence electrons. The molecule has 0 aromatic carbocycles. The van der Waals surface area contributed by atoms with Gasteiger partial charge in [0.15, 0.2) is 6.61 Å². The van der Waals surface area contributed by atoms with E-state index in [-0.39, 0.29) is 29.9 Å². The van der Waals surface area contributed by atoms with E-state index in [9.17, 15) is 9.59 Å². The van der Waals surface area contributed by atoms with Crippen LogP contribution in [0.3, 0.4) is 0 Å². The van der Waals surface area contributed by atoms with Gasteiger partial charge in [0.1, 0.15) is 5.60 Å². The fraction of sp³-hybridized carbons (Fsp3) is 0.867. The van der Waals surface area contributed by atoms with Gasteiger partial charge in [-0.15, -0.1) is 0 Å². The molecule has 8 rings (SSSR count). The minimum atomic E-state index is -0.401. The highest BCUT2D eigenvalue weighted by Crippen LogP contribution is 2.67. The molecular weight excluding hydrogens is 424 g/mol. The quantitative estimate of drug-likeness (QED) is 0.265. The molecule has 7 atom stereocenters. The third-order valence-electron chi connectivity index (χ3n) is 12.4. The number of fused-ring (bicyclic) bond motifs is 9. The van der Waals surface area contributed by atoms with Crippen LogP contribution >= 0.6 is 0 Å². The van der Waals surface area contributed by atoms with Gasteiger partial charge in [-0.1, -0.05) is 26.0 Å². The minimum absolute atomic E-state index is 0.00272. The summed E-state index contributed by atoms with van der Waals surface area (Å²) in [6, 6.07) is 0. The van der Waals surface area contributed by atoms with Crippen molar-refractivity contribution >= 4 is 11.9 Å². The molecule has 0 spiro atoms. The number of esters is 2. The number of hydrogen-bond donors (Lipinski definition) is 0. The molecule has 0 aromatic heterocycles. The van der Waals surface area contributed by atoms with Gasteiger partial charge < -0.3 is 9.47 Å². The third kappa shape index (κ3) is 2.95. The van der Waals surface area contributed by atoms with Crippen molar-refractivity contribution in [2.75, 3.05) is 6.61 Å². The van der Waals surface area contributed by atoms with Crippen LogP contribution in [0.2, 0.25) is 0 Å². The molecular formula is C30H42O4. The van der Waals surface area contributed by atoms with Crippen LogP contribution in [-0.2, 0) is 19.1 Å². The fourth-order valence-electron chi connectivity index (χ4n) is 11.7. The van der Waals surface area contributed by atoms with E-state index in [4.69, 9.17) is 9.47 Å². The highest BCUT2D eigenvalue weighted by atomic mass is 16.6. The Morgan fingerprint density at radius 3 is 2.09 bits per heavy atom. The summed E-state index contributed by atoms with van der Waals surface area (Å²) in [7, 11) is 0. The summed E-state index contributed by atoms with van der Waals surface area (Å²) in [5.41, 5.74) is -0.262. The maximum Gasteiger partial charge on any atom is 0.344 e. The summed E-state index contributed by atoms with van der Waals surface area (Å²) in [5.74, 6) is 6.09. The van der Waals surface area contributed by atoms with Crippen LogP contribution in [0.5, 0.6) is 0 Å². The molecule has 7 fully saturated rings. The lowest BCUT2D eigenvalue weighted by Crippen LogP contribution is -2.59. The molecule has 34 heavy (non-hydrogen) atoms. The van der Waals surface area contributed by atoms with E-state index in [0.29, 0.717) is 23.7 Å². The van der Waals surface area contributed by atoms with Gasteiger partial charge in [0.25, 0.3) is 0 Å². The number of allylic oxidation sites excluding steroid dienone is 2. The van der Waals surface area contributed by atoms with Gasteiger partial charge in [0.2, 0.25) is 0 Å². The summed E-state index contributed by atoms with van der Waals surface area (Å²) < 4.78 is 12.1. The van der Waals surface area contributed by atoms with E-state index in [2.05, 4.69) is 26.0 Å². The van der Waals surface area contributed by atoms with Crippen molar-refractivity contribution in [2.45, 2.75) is 90.1 Å². The second kappa shape index (κ2) is 7.59. The topological polar surface area (TPSA) is 52.6 Å². The summed E-state index contributed by atoms with van der Waals surface area (Å²) in [6.07, 6.45) is 17.9. The van der Waals surface area contributed by atoms with Crippen molar-refractivity contribution in [3.63, 3.8) is 0 Å². The van der Waals surface area contributed by atoms with Crippen molar-refractivity contribution < 1.29 is 19.1 Å². The average Bonchev–Trinajstić information content (AvgIpc) is 3.60. The molecule has 4 nitrogen and oxygen atoms in total. The lowest BCUT2D eigenvalue weighted by atomic mass is 9.44. The lowest BCUT2D eigenvalue weighted by Gasteiger charge is -2.63. The van der Waals surface area contributed by atoms with E-state index >= 15 is 0 Å². The highest BCUT2D eigenvalue weighted by molar-refractivity contribution is 5.78. The van der Waals surface area contributed by atoms with Gasteiger partial charge in [-0.3, -0.25) is 4.79 Å². The predicted octanol–water partition coefficient (Wildman–Crippen LogP) is 5.94. The van der Waals surface area contributed by atoms with E-state index in [1.807, 2.05) is 0 Å². The first-order valence-electron chi connectivity index (χ1n) is 14.5. The minimum Gasteiger partial charge on any atom is -0.456 e. The van der Waals surface area contributed by atoms with Crippen LogP contribution in [0.25, 0.3) is 0 Å². The molecule has 8 aliphatic carbocycles. The van der Waals surface area contributed by atoms with Crippen LogP contribution in [-0.4, -0.2) is 24.1 Å². The second-order valence-electron chi connectivity index (χ2n) is 13.6. The monoisotopic (exact) mass is 466 g/mol. The Hall–Kier alpha value is -1.32. The van der Waals surface area contributed by atoms with Crippen LogP contribution in [0.15, 0.2) is 12.2 Å². The lowest BCUT2D eigenvalue weighted by molar-refractivity contribution is -0.215. The maximum absolute atomic E-state index is 13.1. The van der Waals surface area contributed by atoms with E-state index < -0.39 is 5.60 Å². The molecule has 7 saturated carbocycles.